The molecule has 2 amide bonds. The highest BCUT2D eigenvalue weighted by molar-refractivity contribution is 5.74. The zero-order chi connectivity index (χ0) is 14.3. The number of amides is 2. The van der Waals surface area contributed by atoms with Gasteiger partial charge in [-0.05, 0) is 18.8 Å². The fourth-order valence-corrected chi connectivity index (χ4v) is 1.64. The Hall–Kier alpha value is -1.63. The number of aliphatic hydroxyl groups is 1. The van der Waals surface area contributed by atoms with Gasteiger partial charge in [0, 0.05) is 19.2 Å². The molecule has 0 saturated heterocycles. The molecule has 1 atom stereocenters. The van der Waals surface area contributed by atoms with E-state index in [0.717, 1.165) is 0 Å². The smallest absolute Gasteiger partial charge is 0.315 e. The number of hydrogen-bond acceptors (Lipinski definition) is 4. The Labute approximate surface area is 113 Å². The SMILES string of the molecule is CC(Cn1cncn1)NC(=O)NCC(C)(C)CCO. The maximum Gasteiger partial charge on any atom is 0.315 e. The zero-order valence-corrected chi connectivity index (χ0v) is 11.8. The first-order chi connectivity index (χ1) is 8.93. The lowest BCUT2D eigenvalue weighted by atomic mass is 9.90. The van der Waals surface area contributed by atoms with Crippen LogP contribution in [0.2, 0.25) is 0 Å². The largest absolute Gasteiger partial charge is 0.396 e. The molecule has 108 valence electrons. The van der Waals surface area contributed by atoms with Crippen LogP contribution >= 0.6 is 0 Å². The summed E-state index contributed by atoms with van der Waals surface area (Å²) in [5.41, 5.74) is -0.110. The van der Waals surface area contributed by atoms with Crippen molar-refractivity contribution in [3.05, 3.63) is 12.7 Å². The Bertz CT molecular complexity index is 377. The molecule has 0 spiro atoms. The van der Waals surface area contributed by atoms with Gasteiger partial charge in [-0.3, -0.25) is 4.68 Å². The molecule has 0 aromatic carbocycles. The first-order valence-electron chi connectivity index (χ1n) is 6.40. The second-order valence-electron chi connectivity index (χ2n) is 5.48. The van der Waals surface area contributed by atoms with E-state index >= 15 is 0 Å². The van der Waals surface area contributed by atoms with Crippen LogP contribution in [0.3, 0.4) is 0 Å². The van der Waals surface area contributed by atoms with Gasteiger partial charge in [0.2, 0.25) is 0 Å². The summed E-state index contributed by atoms with van der Waals surface area (Å²) in [5, 5.41) is 18.5. The van der Waals surface area contributed by atoms with Crippen molar-refractivity contribution >= 4 is 6.03 Å². The van der Waals surface area contributed by atoms with Gasteiger partial charge >= 0.3 is 6.03 Å². The van der Waals surface area contributed by atoms with Crippen molar-refractivity contribution in [1.29, 1.82) is 0 Å². The highest BCUT2D eigenvalue weighted by atomic mass is 16.3. The lowest BCUT2D eigenvalue weighted by Crippen LogP contribution is -2.45. The van der Waals surface area contributed by atoms with Gasteiger partial charge in [0.1, 0.15) is 12.7 Å². The molecule has 7 nitrogen and oxygen atoms in total. The van der Waals surface area contributed by atoms with Crippen molar-refractivity contribution in [2.24, 2.45) is 5.41 Å². The predicted molar refractivity (Wildman–Crippen MR) is 71.5 cm³/mol. The standard InChI is InChI=1S/C12H23N5O2/c1-10(6-17-9-13-8-15-17)16-11(19)14-7-12(2,3)4-5-18/h8-10,18H,4-7H2,1-3H3,(H2,14,16,19). The number of carbonyl (C=O) groups is 1. The van der Waals surface area contributed by atoms with Gasteiger partial charge in [-0.25, -0.2) is 9.78 Å². The predicted octanol–water partition coefficient (Wildman–Crippen LogP) is 0.374. The number of carbonyl (C=O) groups excluding carboxylic acids is 1. The summed E-state index contributed by atoms with van der Waals surface area (Å²) < 4.78 is 1.67. The van der Waals surface area contributed by atoms with Gasteiger partial charge in [-0.15, -0.1) is 0 Å². The third-order valence-electron chi connectivity index (χ3n) is 2.82. The van der Waals surface area contributed by atoms with E-state index in [1.165, 1.54) is 6.33 Å². The third-order valence-corrected chi connectivity index (χ3v) is 2.82. The molecule has 0 saturated carbocycles. The number of urea groups is 1. The minimum Gasteiger partial charge on any atom is -0.396 e. The highest BCUT2D eigenvalue weighted by Crippen LogP contribution is 2.17. The fraction of sp³-hybridized carbons (Fsp3) is 0.750. The molecule has 19 heavy (non-hydrogen) atoms. The van der Waals surface area contributed by atoms with Crippen molar-refractivity contribution in [2.45, 2.75) is 39.8 Å². The number of aliphatic hydroxyl groups excluding tert-OH is 1. The minimum atomic E-state index is -0.210. The molecule has 0 bridgehead atoms. The molecule has 3 N–H and O–H groups in total. The molecule has 1 heterocycles. The molecule has 0 aliphatic heterocycles. The van der Waals surface area contributed by atoms with E-state index in [9.17, 15) is 4.79 Å². The second-order valence-corrected chi connectivity index (χ2v) is 5.48. The second kappa shape index (κ2) is 7.08. The first kappa shape index (κ1) is 15.4. The summed E-state index contributed by atoms with van der Waals surface area (Å²) in [6.07, 6.45) is 3.73. The Morgan fingerprint density at radius 1 is 1.53 bits per heavy atom. The summed E-state index contributed by atoms with van der Waals surface area (Å²) >= 11 is 0. The van der Waals surface area contributed by atoms with Gasteiger partial charge in [0.15, 0.2) is 0 Å². The van der Waals surface area contributed by atoms with Crippen molar-refractivity contribution in [3.8, 4) is 0 Å². The normalized spacial score (nSPS) is 13.1. The van der Waals surface area contributed by atoms with Crippen LogP contribution in [0.5, 0.6) is 0 Å². The van der Waals surface area contributed by atoms with Gasteiger partial charge in [0.25, 0.3) is 0 Å². The molecule has 0 radical (unpaired) electrons. The molecule has 1 aromatic heterocycles. The average Bonchev–Trinajstić information content (AvgIpc) is 2.79. The van der Waals surface area contributed by atoms with Gasteiger partial charge in [-0.2, -0.15) is 5.10 Å². The Morgan fingerprint density at radius 3 is 2.84 bits per heavy atom. The van der Waals surface area contributed by atoms with Crippen LogP contribution in [-0.2, 0) is 6.54 Å². The van der Waals surface area contributed by atoms with Crippen LogP contribution in [-0.4, -0.2) is 45.1 Å². The molecule has 7 heteroatoms. The van der Waals surface area contributed by atoms with Crippen molar-refractivity contribution < 1.29 is 9.90 Å². The van der Waals surface area contributed by atoms with Gasteiger partial charge < -0.3 is 15.7 Å². The van der Waals surface area contributed by atoms with Crippen molar-refractivity contribution in [2.75, 3.05) is 13.2 Å². The lowest BCUT2D eigenvalue weighted by molar-refractivity contribution is 0.200. The van der Waals surface area contributed by atoms with E-state index in [2.05, 4.69) is 20.7 Å². The summed E-state index contributed by atoms with van der Waals surface area (Å²) in [6, 6.07) is -0.249. The van der Waals surface area contributed by atoms with Crippen molar-refractivity contribution in [3.63, 3.8) is 0 Å². The topological polar surface area (TPSA) is 92.1 Å². The molecular formula is C12H23N5O2. The van der Waals surface area contributed by atoms with E-state index in [1.807, 2.05) is 20.8 Å². The van der Waals surface area contributed by atoms with E-state index in [0.29, 0.717) is 19.5 Å². The van der Waals surface area contributed by atoms with Gasteiger partial charge in [-0.1, -0.05) is 13.8 Å². The summed E-state index contributed by atoms with van der Waals surface area (Å²) in [7, 11) is 0. The Kier molecular flexibility index (Phi) is 5.75. The number of aromatic nitrogens is 3. The van der Waals surface area contributed by atoms with E-state index in [-0.39, 0.29) is 24.1 Å². The maximum atomic E-state index is 11.7. The summed E-state index contributed by atoms with van der Waals surface area (Å²) in [5.74, 6) is 0. The fourth-order valence-electron chi connectivity index (χ4n) is 1.64. The third kappa shape index (κ3) is 6.19. The quantitative estimate of drug-likeness (QED) is 0.667. The van der Waals surface area contributed by atoms with Crippen LogP contribution in [0.25, 0.3) is 0 Å². The summed E-state index contributed by atoms with van der Waals surface area (Å²) in [6.45, 7) is 7.13. The zero-order valence-electron chi connectivity index (χ0n) is 11.8. The molecule has 1 aromatic rings. The van der Waals surface area contributed by atoms with E-state index in [1.54, 1.807) is 11.0 Å². The Balaban J connectivity index is 2.27. The molecule has 0 aliphatic carbocycles. The van der Waals surface area contributed by atoms with Gasteiger partial charge in [0.05, 0.1) is 6.54 Å². The molecule has 0 aliphatic rings. The van der Waals surface area contributed by atoms with Crippen LogP contribution in [0.4, 0.5) is 4.79 Å². The minimum absolute atomic E-state index is 0.0392. The highest BCUT2D eigenvalue weighted by Gasteiger charge is 2.18. The molecule has 1 rings (SSSR count). The molecular weight excluding hydrogens is 246 g/mol. The maximum absolute atomic E-state index is 11.7. The molecule has 1 unspecified atom stereocenters. The van der Waals surface area contributed by atoms with E-state index < -0.39 is 0 Å². The first-order valence-corrected chi connectivity index (χ1v) is 6.40. The van der Waals surface area contributed by atoms with Crippen LogP contribution in [0, 0.1) is 5.41 Å². The molecule has 0 fully saturated rings. The number of nitrogens with one attached hydrogen (secondary N) is 2. The van der Waals surface area contributed by atoms with Crippen molar-refractivity contribution in [1.82, 2.24) is 25.4 Å². The van der Waals surface area contributed by atoms with E-state index in [4.69, 9.17) is 5.11 Å². The summed E-state index contributed by atoms with van der Waals surface area (Å²) in [4.78, 5) is 15.5. The number of hydrogen-bond donors (Lipinski definition) is 3. The van der Waals surface area contributed by atoms with Crippen LogP contribution in [0.1, 0.15) is 27.2 Å². The Morgan fingerprint density at radius 2 is 2.26 bits per heavy atom. The number of nitrogens with zero attached hydrogens (tertiary/aromatic N) is 3. The number of rotatable bonds is 7. The average molecular weight is 269 g/mol. The monoisotopic (exact) mass is 269 g/mol. The van der Waals surface area contributed by atoms with Crippen LogP contribution in [0.15, 0.2) is 12.7 Å². The lowest BCUT2D eigenvalue weighted by Gasteiger charge is -2.24. The van der Waals surface area contributed by atoms with Crippen LogP contribution < -0.4 is 10.6 Å².